The maximum absolute atomic E-state index is 11.9. The van der Waals surface area contributed by atoms with Gasteiger partial charge in [0.15, 0.2) is 0 Å². The van der Waals surface area contributed by atoms with E-state index in [0.29, 0.717) is 0 Å². The van der Waals surface area contributed by atoms with E-state index in [9.17, 15) is 13.2 Å². The molecule has 17 heavy (non-hydrogen) atoms. The van der Waals surface area contributed by atoms with Gasteiger partial charge in [0.05, 0.1) is 5.02 Å². The Bertz CT molecular complexity index is 546. The van der Waals surface area contributed by atoms with Crippen LogP contribution in [0.25, 0.3) is 0 Å². The Morgan fingerprint density at radius 1 is 1.53 bits per heavy atom. The highest BCUT2D eigenvalue weighted by Gasteiger charge is 2.28. The van der Waals surface area contributed by atoms with Crippen LogP contribution in [-0.4, -0.2) is 31.9 Å². The van der Waals surface area contributed by atoms with E-state index in [-0.39, 0.29) is 28.8 Å². The van der Waals surface area contributed by atoms with Crippen molar-refractivity contribution < 1.29 is 13.2 Å². The van der Waals surface area contributed by atoms with Crippen LogP contribution in [0, 0.1) is 0 Å². The Labute approximate surface area is 103 Å². The molecule has 2 rings (SSSR count). The minimum absolute atomic E-state index is 0.0824. The third-order valence-corrected chi connectivity index (χ3v) is 4.31. The topological polar surface area (TPSA) is 88.2 Å². The molecule has 1 aromatic rings. The summed E-state index contributed by atoms with van der Waals surface area (Å²) >= 11 is 5.78. The molecule has 0 bridgehead atoms. The molecule has 0 aliphatic carbocycles. The van der Waals surface area contributed by atoms with Gasteiger partial charge in [-0.05, 0) is 6.07 Å². The number of nitrogens with zero attached hydrogens (tertiary/aromatic N) is 1. The standard InChI is InChI=1S/C9H10ClN3O3S/c10-7-1-2-11-5-8(7)17(15,16)13-6-3-9(14)12-4-6/h1-2,5-6,13H,3-4H2,(H,12,14). The van der Waals surface area contributed by atoms with E-state index in [2.05, 4.69) is 15.0 Å². The van der Waals surface area contributed by atoms with Gasteiger partial charge < -0.3 is 5.32 Å². The van der Waals surface area contributed by atoms with Crippen LogP contribution in [0.4, 0.5) is 0 Å². The molecule has 1 aromatic heterocycles. The number of sulfonamides is 1. The number of aromatic nitrogens is 1. The number of nitrogens with one attached hydrogen (secondary N) is 2. The number of pyridine rings is 1. The van der Waals surface area contributed by atoms with Crippen molar-refractivity contribution in [1.82, 2.24) is 15.0 Å². The van der Waals surface area contributed by atoms with Gasteiger partial charge in [-0.15, -0.1) is 0 Å². The molecule has 2 heterocycles. The lowest BCUT2D eigenvalue weighted by atomic mass is 10.3. The maximum Gasteiger partial charge on any atom is 0.243 e. The Balaban J connectivity index is 2.20. The summed E-state index contributed by atoms with van der Waals surface area (Å²) in [6.45, 7) is 0.288. The second-order valence-electron chi connectivity index (χ2n) is 3.63. The molecule has 0 aromatic carbocycles. The van der Waals surface area contributed by atoms with Gasteiger partial charge >= 0.3 is 0 Å². The number of carbonyl (C=O) groups is 1. The lowest BCUT2D eigenvalue weighted by molar-refractivity contribution is -0.119. The summed E-state index contributed by atoms with van der Waals surface area (Å²) in [7, 11) is -3.73. The van der Waals surface area contributed by atoms with Gasteiger partial charge in [0, 0.05) is 31.4 Å². The van der Waals surface area contributed by atoms with Crippen LogP contribution in [0.5, 0.6) is 0 Å². The molecule has 1 unspecified atom stereocenters. The number of amides is 1. The summed E-state index contributed by atoms with van der Waals surface area (Å²) in [5.74, 6) is -0.171. The highest BCUT2D eigenvalue weighted by atomic mass is 35.5. The Morgan fingerprint density at radius 2 is 2.29 bits per heavy atom. The molecule has 1 fully saturated rings. The molecular formula is C9H10ClN3O3S. The van der Waals surface area contributed by atoms with Crippen molar-refractivity contribution in [2.45, 2.75) is 17.4 Å². The van der Waals surface area contributed by atoms with Crippen LogP contribution in [0.1, 0.15) is 6.42 Å². The summed E-state index contributed by atoms with van der Waals surface area (Å²) in [6, 6.07) is 0.956. The van der Waals surface area contributed by atoms with E-state index >= 15 is 0 Å². The zero-order valence-corrected chi connectivity index (χ0v) is 10.3. The molecule has 0 saturated carbocycles. The Hall–Kier alpha value is -1.18. The second-order valence-corrected chi connectivity index (χ2v) is 5.72. The molecule has 2 N–H and O–H groups in total. The van der Waals surface area contributed by atoms with Gasteiger partial charge in [-0.2, -0.15) is 0 Å². The van der Waals surface area contributed by atoms with Crippen molar-refractivity contribution in [3.63, 3.8) is 0 Å². The minimum Gasteiger partial charge on any atom is -0.354 e. The van der Waals surface area contributed by atoms with Gasteiger partial charge in [0.25, 0.3) is 0 Å². The number of halogens is 1. The van der Waals surface area contributed by atoms with Crippen molar-refractivity contribution in [3.05, 3.63) is 23.5 Å². The molecule has 1 aliphatic rings. The first-order valence-corrected chi connectivity index (χ1v) is 6.74. The summed E-state index contributed by atoms with van der Waals surface area (Å²) in [4.78, 5) is 14.6. The first kappa shape index (κ1) is 12.3. The molecule has 6 nitrogen and oxygen atoms in total. The molecule has 1 amide bonds. The molecular weight excluding hydrogens is 266 g/mol. The smallest absolute Gasteiger partial charge is 0.243 e. The lowest BCUT2D eigenvalue weighted by Gasteiger charge is -2.11. The number of carbonyl (C=O) groups excluding carboxylic acids is 1. The average Bonchev–Trinajstić information content (AvgIpc) is 2.63. The van der Waals surface area contributed by atoms with Crippen LogP contribution in [0.15, 0.2) is 23.4 Å². The second kappa shape index (κ2) is 4.59. The summed E-state index contributed by atoms with van der Waals surface area (Å²) in [5.41, 5.74) is 0. The predicted molar refractivity (Wildman–Crippen MR) is 61.0 cm³/mol. The van der Waals surface area contributed by atoms with E-state index in [1.165, 1.54) is 18.5 Å². The third-order valence-electron chi connectivity index (χ3n) is 2.32. The number of rotatable bonds is 3. The van der Waals surface area contributed by atoms with E-state index in [1.54, 1.807) is 0 Å². The van der Waals surface area contributed by atoms with E-state index < -0.39 is 16.1 Å². The normalized spacial score (nSPS) is 20.3. The minimum atomic E-state index is -3.73. The summed E-state index contributed by atoms with van der Waals surface area (Å²) < 4.78 is 26.3. The first-order chi connectivity index (χ1) is 7.99. The Morgan fingerprint density at radius 3 is 2.88 bits per heavy atom. The summed E-state index contributed by atoms with van der Waals surface area (Å²) in [6.07, 6.45) is 2.72. The number of hydrogen-bond acceptors (Lipinski definition) is 4. The molecule has 1 saturated heterocycles. The molecule has 0 radical (unpaired) electrons. The van der Waals surface area contributed by atoms with Gasteiger partial charge in [-0.25, -0.2) is 13.1 Å². The Kier molecular flexibility index (Phi) is 3.32. The maximum atomic E-state index is 11.9. The SMILES string of the molecule is O=C1CC(NS(=O)(=O)c2cnccc2Cl)CN1. The van der Waals surface area contributed by atoms with Crippen molar-refractivity contribution in [1.29, 1.82) is 0 Å². The van der Waals surface area contributed by atoms with E-state index in [4.69, 9.17) is 11.6 Å². The van der Waals surface area contributed by atoms with Crippen LogP contribution < -0.4 is 10.0 Å². The van der Waals surface area contributed by atoms with Crippen LogP contribution >= 0.6 is 11.6 Å². The van der Waals surface area contributed by atoms with E-state index in [1.807, 2.05) is 0 Å². The highest BCUT2D eigenvalue weighted by Crippen LogP contribution is 2.19. The third kappa shape index (κ3) is 2.74. The fourth-order valence-corrected chi connectivity index (χ4v) is 3.20. The first-order valence-electron chi connectivity index (χ1n) is 4.87. The largest absolute Gasteiger partial charge is 0.354 e. The average molecular weight is 276 g/mol. The van der Waals surface area contributed by atoms with Gasteiger partial charge in [0.2, 0.25) is 15.9 Å². The fraction of sp³-hybridized carbons (Fsp3) is 0.333. The van der Waals surface area contributed by atoms with Gasteiger partial charge in [-0.1, -0.05) is 11.6 Å². The zero-order chi connectivity index (χ0) is 12.5. The fourth-order valence-electron chi connectivity index (χ4n) is 1.53. The highest BCUT2D eigenvalue weighted by molar-refractivity contribution is 7.89. The quantitative estimate of drug-likeness (QED) is 0.806. The molecule has 8 heteroatoms. The lowest BCUT2D eigenvalue weighted by Crippen LogP contribution is -2.36. The molecule has 1 aliphatic heterocycles. The molecule has 1 atom stereocenters. The zero-order valence-electron chi connectivity index (χ0n) is 8.68. The van der Waals surface area contributed by atoms with Crippen molar-refractivity contribution >= 4 is 27.5 Å². The van der Waals surface area contributed by atoms with Crippen LogP contribution in [0.2, 0.25) is 5.02 Å². The van der Waals surface area contributed by atoms with Crippen molar-refractivity contribution in [2.75, 3.05) is 6.54 Å². The van der Waals surface area contributed by atoms with Crippen LogP contribution in [-0.2, 0) is 14.8 Å². The van der Waals surface area contributed by atoms with Crippen molar-refractivity contribution in [2.24, 2.45) is 0 Å². The van der Waals surface area contributed by atoms with Gasteiger partial charge in [0.1, 0.15) is 4.90 Å². The van der Waals surface area contributed by atoms with E-state index in [0.717, 1.165) is 0 Å². The number of hydrogen-bond donors (Lipinski definition) is 2. The van der Waals surface area contributed by atoms with Crippen molar-refractivity contribution in [3.8, 4) is 0 Å². The molecule has 0 spiro atoms. The monoisotopic (exact) mass is 275 g/mol. The molecule has 92 valence electrons. The summed E-state index contributed by atoms with van der Waals surface area (Å²) in [5, 5.41) is 2.65. The van der Waals surface area contributed by atoms with Gasteiger partial charge in [-0.3, -0.25) is 9.78 Å². The van der Waals surface area contributed by atoms with Crippen LogP contribution in [0.3, 0.4) is 0 Å². The predicted octanol–water partition coefficient (Wildman–Crippen LogP) is -0.0982.